The van der Waals surface area contributed by atoms with Crippen molar-refractivity contribution in [1.82, 2.24) is 4.98 Å². The third-order valence-corrected chi connectivity index (χ3v) is 2.60. The number of hydrogen-bond donors (Lipinski definition) is 1. The van der Waals surface area contributed by atoms with Gasteiger partial charge in [-0.15, -0.1) is 0 Å². The molecule has 1 aromatic heterocycles. The van der Waals surface area contributed by atoms with Gasteiger partial charge in [0, 0.05) is 51.8 Å². The first kappa shape index (κ1) is 14.7. The van der Waals surface area contributed by atoms with Crippen LogP contribution in [0.4, 0.5) is 11.5 Å². The second-order valence-corrected chi connectivity index (χ2v) is 3.90. The molecule has 5 nitrogen and oxygen atoms in total. The van der Waals surface area contributed by atoms with Crippen molar-refractivity contribution in [1.29, 1.82) is 0 Å². The first-order valence-corrected chi connectivity index (χ1v) is 6.24. The molecule has 0 atom stereocenters. The molecule has 0 bridgehead atoms. The molecule has 18 heavy (non-hydrogen) atoms. The minimum absolute atomic E-state index is 0.697. The van der Waals surface area contributed by atoms with Gasteiger partial charge in [-0.25, -0.2) is 4.98 Å². The highest BCUT2D eigenvalue weighted by atomic mass is 16.5. The molecular formula is C13H23N3O2. The largest absolute Gasteiger partial charge is 0.383 e. The van der Waals surface area contributed by atoms with Gasteiger partial charge in [0.1, 0.15) is 5.82 Å². The fraction of sp³-hybridized carbons (Fsp3) is 0.615. The fourth-order valence-electron chi connectivity index (χ4n) is 1.67. The number of pyridine rings is 1. The highest BCUT2D eigenvalue weighted by Gasteiger charge is 2.07. The van der Waals surface area contributed by atoms with E-state index in [-0.39, 0.29) is 0 Å². The fourth-order valence-corrected chi connectivity index (χ4v) is 1.67. The van der Waals surface area contributed by atoms with Crippen molar-refractivity contribution in [2.24, 2.45) is 0 Å². The Kier molecular flexibility index (Phi) is 7.13. The topological polar surface area (TPSA) is 46.6 Å². The van der Waals surface area contributed by atoms with Crippen molar-refractivity contribution in [3.63, 3.8) is 0 Å². The van der Waals surface area contributed by atoms with Gasteiger partial charge in [-0.1, -0.05) is 0 Å². The van der Waals surface area contributed by atoms with Crippen molar-refractivity contribution in [2.75, 3.05) is 57.3 Å². The average Bonchev–Trinajstić information content (AvgIpc) is 2.40. The number of anilines is 2. The van der Waals surface area contributed by atoms with E-state index in [1.807, 2.05) is 12.3 Å². The zero-order valence-corrected chi connectivity index (χ0v) is 11.5. The van der Waals surface area contributed by atoms with E-state index in [1.165, 1.54) is 0 Å². The molecule has 1 aromatic rings. The van der Waals surface area contributed by atoms with Crippen LogP contribution in [0.5, 0.6) is 0 Å². The predicted molar refractivity (Wildman–Crippen MR) is 74.4 cm³/mol. The maximum atomic E-state index is 5.14. The minimum atomic E-state index is 0.697. The van der Waals surface area contributed by atoms with Crippen LogP contribution in [-0.2, 0) is 9.47 Å². The summed E-state index contributed by atoms with van der Waals surface area (Å²) in [6.07, 6.45) is 1.82. The lowest BCUT2D eigenvalue weighted by molar-refractivity contribution is 0.190. The molecule has 0 fully saturated rings. The van der Waals surface area contributed by atoms with Crippen LogP contribution in [0, 0.1) is 0 Å². The summed E-state index contributed by atoms with van der Waals surface area (Å²) in [6, 6.07) is 4.06. The van der Waals surface area contributed by atoms with Gasteiger partial charge in [-0.3, -0.25) is 0 Å². The second kappa shape index (κ2) is 8.72. The Bertz CT molecular complexity index is 326. The van der Waals surface area contributed by atoms with Crippen molar-refractivity contribution < 1.29 is 9.47 Å². The molecule has 0 aliphatic carbocycles. The predicted octanol–water partition coefficient (Wildman–Crippen LogP) is 1.61. The maximum Gasteiger partial charge on any atom is 0.127 e. The van der Waals surface area contributed by atoms with Crippen molar-refractivity contribution in [3.05, 3.63) is 18.3 Å². The summed E-state index contributed by atoms with van der Waals surface area (Å²) in [5, 5.41) is 3.21. The van der Waals surface area contributed by atoms with E-state index in [0.717, 1.165) is 31.1 Å². The van der Waals surface area contributed by atoms with Gasteiger partial charge in [-0.05, 0) is 13.0 Å². The zero-order valence-electron chi connectivity index (χ0n) is 11.5. The third kappa shape index (κ3) is 4.89. The third-order valence-electron chi connectivity index (χ3n) is 2.60. The Labute approximate surface area is 109 Å². The molecule has 0 radical (unpaired) electrons. The number of nitrogens with zero attached hydrogens (tertiary/aromatic N) is 2. The van der Waals surface area contributed by atoms with Gasteiger partial charge < -0.3 is 19.7 Å². The number of methoxy groups -OCH3 is 2. The first-order chi connectivity index (χ1) is 8.81. The van der Waals surface area contributed by atoms with Crippen LogP contribution in [0.2, 0.25) is 0 Å². The average molecular weight is 253 g/mol. The second-order valence-electron chi connectivity index (χ2n) is 3.90. The zero-order chi connectivity index (χ0) is 13.2. The molecular weight excluding hydrogens is 230 g/mol. The molecule has 102 valence electrons. The Morgan fingerprint density at radius 1 is 1.22 bits per heavy atom. The SMILES string of the molecule is CCNc1cc(N(CCOC)CCOC)ccn1. The molecule has 0 aromatic carbocycles. The molecule has 0 aliphatic rings. The van der Waals surface area contributed by atoms with Crippen LogP contribution in [-0.4, -0.2) is 52.1 Å². The molecule has 5 heteroatoms. The van der Waals surface area contributed by atoms with E-state index >= 15 is 0 Å². The number of nitrogens with one attached hydrogen (secondary N) is 1. The van der Waals surface area contributed by atoms with E-state index in [4.69, 9.17) is 9.47 Å². The maximum absolute atomic E-state index is 5.14. The first-order valence-electron chi connectivity index (χ1n) is 6.24. The number of hydrogen-bond acceptors (Lipinski definition) is 5. The molecule has 1 heterocycles. The lowest BCUT2D eigenvalue weighted by Crippen LogP contribution is -2.30. The summed E-state index contributed by atoms with van der Waals surface area (Å²) in [7, 11) is 3.43. The summed E-state index contributed by atoms with van der Waals surface area (Å²) >= 11 is 0. The Morgan fingerprint density at radius 3 is 2.44 bits per heavy atom. The van der Waals surface area contributed by atoms with E-state index < -0.39 is 0 Å². The molecule has 1 rings (SSSR count). The van der Waals surface area contributed by atoms with E-state index in [1.54, 1.807) is 14.2 Å². The van der Waals surface area contributed by atoms with Crippen molar-refractivity contribution >= 4 is 11.5 Å². The van der Waals surface area contributed by atoms with Gasteiger partial charge in [0.25, 0.3) is 0 Å². The van der Waals surface area contributed by atoms with Gasteiger partial charge in [0.2, 0.25) is 0 Å². The molecule has 0 spiro atoms. The van der Waals surface area contributed by atoms with Crippen LogP contribution in [0.15, 0.2) is 18.3 Å². The number of aromatic nitrogens is 1. The normalized spacial score (nSPS) is 10.4. The lowest BCUT2D eigenvalue weighted by Gasteiger charge is -2.24. The summed E-state index contributed by atoms with van der Waals surface area (Å²) in [5.74, 6) is 0.898. The monoisotopic (exact) mass is 253 g/mol. The number of rotatable bonds is 9. The van der Waals surface area contributed by atoms with Crippen LogP contribution in [0.25, 0.3) is 0 Å². The Balaban J connectivity index is 2.72. The summed E-state index contributed by atoms with van der Waals surface area (Å²) in [5.41, 5.74) is 1.13. The standard InChI is InChI=1S/C13H23N3O2/c1-4-14-13-11-12(5-6-15-13)16(7-9-17-2)8-10-18-3/h5-6,11H,4,7-10H2,1-3H3,(H,14,15). The Hall–Kier alpha value is -1.33. The molecule has 0 amide bonds. The van der Waals surface area contributed by atoms with Gasteiger partial charge in [0.15, 0.2) is 0 Å². The van der Waals surface area contributed by atoms with Crippen molar-refractivity contribution in [2.45, 2.75) is 6.92 Å². The number of ether oxygens (including phenoxy) is 2. The smallest absolute Gasteiger partial charge is 0.127 e. The van der Waals surface area contributed by atoms with E-state index in [0.29, 0.717) is 13.2 Å². The van der Waals surface area contributed by atoms with E-state index in [9.17, 15) is 0 Å². The van der Waals surface area contributed by atoms with Gasteiger partial charge in [0.05, 0.1) is 13.2 Å². The molecule has 1 N–H and O–H groups in total. The lowest BCUT2D eigenvalue weighted by atomic mass is 10.3. The summed E-state index contributed by atoms with van der Waals surface area (Å²) in [4.78, 5) is 6.50. The highest BCUT2D eigenvalue weighted by Crippen LogP contribution is 2.16. The highest BCUT2D eigenvalue weighted by molar-refractivity contribution is 5.53. The van der Waals surface area contributed by atoms with Gasteiger partial charge in [-0.2, -0.15) is 0 Å². The van der Waals surface area contributed by atoms with Crippen LogP contribution in [0.1, 0.15) is 6.92 Å². The van der Waals surface area contributed by atoms with Crippen LogP contribution >= 0.6 is 0 Å². The van der Waals surface area contributed by atoms with E-state index in [2.05, 4.69) is 28.2 Å². The minimum Gasteiger partial charge on any atom is -0.383 e. The molecule has 0 saturated heterocycles. The Morgan fingerprint density at radius 2 is 1.89 bits per heavy atom. The summed E-state index contributed by atoms with van der Waals surface area (Å²) < 4.78 is 10.3. The van der Waals surface area contributed by atoms with Crippen molar-refractivity contribution in [3.8, 4) is 0 Å². The molecule has 0 aliphatic heterocycles. The van der Waals surface area contributed by atoms with Gasteiger partial charge >= 0.3 is 0 Å². The van der Waals surface area contributed by atoms with Crippen LogP contribution in [0.3, 0.4) is 0 Å². The summed E-state index contributed by atoms with van der Waals surface area (Å²) in [6.45, 7) is 6.00. The molecule has 0 unspecified atom stereocenters. The quantitative estimate of drug-likeness (QED) is 0.724. The molecule has 0 saturated carbocycles. The van der Waals surface area contributed by atoms with Crippen LogP contribution < -0.4 is 10.2 Å².